The first-order valence-corrected chi connectivity index (χ1v) is 9.54. The average Bonchev–Trinajstić information content (AvgIpc) is 3.28. The maximum absolute atomic E-state index is 11.8. The lowest BCUT2D eigenvalue weighted by molar-refractivity contribution is -0.0730. The van der Waals surface area contributed by atoms with Gasteiger partial charge in [0.2, 0.25) is 0 Å². The Bertz CT molecular complexity index is 888. The van der Waals surface area contributed by atoms with Crippen molar-refractivity contribution in [2.45, 2.75) is 57.8 Å². The fourth-order valence-electron chi connectivity index (χ4n) is 3.31. The van der Waals surface area contributed by atoms with Gasteiger partial charge < -0.3 is 24.5 Å². The lowest BCUT2D eigenvalue weighted by Crippen LogP contribution is -2.34. The first kappa shape index (κ1) is 20.0. The first-order valence-electron chi connectivity index (χ1n) is 9.54. The first-order chi connectivity index (χ1) is 13.5. The van der Waals surface area contributed by atoms with E-state index in [9.17, 15) is 4.79 Å². The molecule has 0 bridgehead atoms. The number of aryl methyl sites for hydroxylation is 1. The van der Waals surface area contributed by atoms with Crippen LogP contribution in [0.2, 0.25) is 0 Å². The van der Waals surface area contributed by atoms with E-state index in [1.165, 1.54) is 0 Å². The van der Waals surface area contributed by atoms with E-state index in [4.69, 9.17) is 26.4 Å². The van der Waals surface area contributed by atoms with Crippen molar-refractivity contribution < 1.29 is 19.0 Å². The lowest BCUT2D eigenvalue weighted by Gasteiger charge is -2.23. The number of rotatable bonds is 7. The van der Waals surface area contributed by atoms with Crippen molar-refractivity contribution in [2.75, 3.05) is 18.9 Å². The lowest BCUT2D eigenvalue weighted by atomic mass is 10.0. The van der Waals surface area contributed by atoms with Gasteiger partial charge in [-0.3, -0.25) is 0 Å². The van der Waals surface area contributed by atoms with E-state index in [0.717, 1.165) is 24.6 Å². The molecule has 0 amide bonds. The van der Waals surface area contributed by atoms with Crippen molar-refractivity contribution in [3.63, 3.8) is 0 Å². The third-order valence-electron chi connectivity index (χ3n) is 4.83. The molecule has 3 heterocycles. The SMILES string of the molecule is C#C[C@@]1(COC(=O)OCCCCC)CC[C@H](n2ccc3c(N)nc(C)nc32)O1. The molecule has 1 aliphatic heterocycles. The summed E-state index contributed by atoms with van der Waals surface area (Å²) in [6.07, 6.45) is 10.6. The van der Waals surface area contributed by atoms with E-state index in [1.54, 1.807) is 6.92 Å². The van der Waals surface area contributed by atoms with Crippen LogP contribution in [0.5, 0.6) is 0 Å². The van der Waals surface area contributed by atoms with Crippen molar-refractivity contribution in [1.82, 2.24) is 14.5 Å². The van der Waals surface area contributed by atoms with Crippen LogP contribution in [0.1, 0.15) is 51.1 Å². The summed E-state index contributed by atoms with van der Waals surface area (Å²) in [5, 5.41) is 0.763. The number of carbonyl (C=O) groups is 1. The molecule has 3 rings (SSSR count). The summed E-state index contributed by atoms with van der Waals surface area (Å²) in [7, 11) is 0. The number of terminal acetylenes is 1. The number of nitrogen functional groups attached to an aromatic ring is 1. The van der Waals surface area contributed by atoms with Gasteiger partial charge in [0.05, 0.1) is 12.0 Å². The molecule has 8 nitrogen and oxygen atoms in total. The highest BCUT2D eigenvalue weighted by Crippen LogP contribution is 2.38. The summed E-state index contributed by atoms with van der Waals surface area (Å²) in [4.78, 5) is 20.4. The molecule has 0 radical (unpaired) electrons. The Morgan fingerprint density at radius 3 is 3.04 bits per heavy atom. The fraction of sp³-hybridized carbons (Fsp3) is 0.550. The molecule has 2 N–H and O–H groups in total. The van der Waals surface area contributed by atoms with E-state index >= 15 is 0 Å². The van der Waals surface area contributed by atoms with Crippen molar-refractivity contribution >= 4 is 23.0 Å². The molecule has 1 saturated heterocycles. The standard InChI is InChI=1S/C20H26N4O4/c1-4-6-7-12-26-19(25)27-13-20(5-2)10-8-16(28-20)24-11-9-15-17(21)22-14(3)23-18(15)24/h2,9,11,16H,4,6-8,10,12-13H2,1,3H3,(H2,21,22,23)/t16-,20+/m1/s1. The molecule has 2 atom stereocenters. The van der Waals surface area contributed by atoms with Crippen LogP contribution in [0.25, 0.3) is 11.0 Å². The summed E-state index contributed by atoms with van der Waals surface area (Å²) in [5.74, 6) is 3.66. The van der Waals surface area contributed by atoms with Crippen molar-refractivity contribution in [3.05, 3.63) is 18.1 Å². The molecule has 0 aromatic carbocycles. The number of unbranched alkanes of at least 4 members (excludes halogenated alkanes) is 2. The Morgan fingerprint density at radius 2 is 2.29 bits per heavy atom. The minimum absolute atomic E-state index is 0.0536. The van der Waals surface area contributed by atoms with E-state index in [1.807, 2.05) is 16.8 Å². The van der Waals surface area contributed by atoms with E-state index in [2.05, 4.69) is 22.8 Å². The van der Waals surface area contributed by atoms with Crippen LogP contribution in [0.4, 0.5) is 10.6 Å². The number of nitrogens with two attached hydrogens (primary N) is 1. The molecule has 150 valence electrons. The summed E-state index contributed by atoms with van der Waals surface area (Å²) in [6.45, 7) is 4.16. The molecular weight excluding hydrogens is 360 g/mol. The monoisotopic (exact) mass is 386 g/mol. The zero-order valence-corrected chi connectivity index (χ0v) is 16.3. The molecule has 28 heavy (non-hydrogen) atoms. The smallest absolute Gasteiger partial charge is 0.434 e. The van der Waals surface area contributed by atoms with Crippen molar-refractivity contribution in [3.8, 4) is 12.3 Å². The quantitative estimate of drug-likeness (QED) is 0.442. The normalized spacial score (nSPS) is 21.5. The van der Waals surface area contributed by atoms with Crippen LogP contribution >= 0.6 is 0 Å². The van der Waals surface area contributed by atoms with Gasteiger partial charge in [-0.2, -0.15) is 0 Å². The number of fused-ring (bicyclic) bond motifs is 1. The molecule has 1 fully saturated rings. The second kappa shape index (κ2) is 8.48. The second-order valence-electron chi connectivity index (χ2n) is 6.96. The number of aromatic nitrogens is 3. The third kappa shape index (κ3) is 4.20. The number of ether oxygens (including phenoxy) is 3. The highest BCUT2D eigenvalue weighted by Gasteiger charge is 2.41. The van der Waals surface area contributed by atoms with Crippen molar-refractivity contribution in [2.24, 2.45) is 0 Å². The van der Waals surface area contributed by atoms with Gasteiger partial charge in [-0.05, 0) is 32.3 Å². The summed E-state index contributed by atoms with van der Waals surface area (Å²) >= 11 is 0. The van der Waals surface area contributed by atoms with Crippen LogP contribution in [-0.4, -0.2) is 39.5 Å². The number of hydrogen-bond donors (Lipinski definition) is 1. The maximum Gasteiger partial charge on any atom is 0.508 e. The fourth-order valence-corrected chi connectivity index (χ4v) is 3.31. The minimum atomic E-state index is -0.989. The van der Waals surface area contributed by atoms with Crippen LogP contribution in [0.15, 0.2) is 12.3 Å². The Balaban J connectivity index is 1.64. The molecule has 0 spiro atoms. The maximum atomic E-state index is 11.8. The Labute approximate surface area is 164 Å². The second-order valence-corrected chi connectivity index (χ2v) is 6.96. The summed E-state index contributed by atoms with van der Waals surface area (Å²) in [5.41, 5.74) is 5.68. The van der Waals surface area contributed by atoms with E-state index in [0.29, 0.717) is 36.7 Å². The molecule has 2 aromatic rings. The highest BCUT2D eigenvalue weighted by atomic mass is 16.7. The van der Waals surface area contributed by atoms with E-state index < -0.39 is 11.8 Å². The van der Waals surface area contributed by atoms with Gasteiger partial charge in [0.15, 0.2) is 5.60 Å². The van der Waals surface area contributed by atoms with E-state index in [-0.39, 0.29) is 12.8 Å². The average molecular weight is 386 g/mol. The van der Waals surface area contributed by atoms with Crippen LogP contribution < -0.4 is 5.73 Å². The van der Waals surface area contributed by atoms with Crippen LogP contribution in [0, 0.1) is 19.3 Å². The zero-order valence-electron chi connectivity index (χ0n) is 16.3. The topological polar surface area (TPSA) is 101 Å². The molecule has 2 aromatic heterocycles. The Morgan fingerprint density at radius 1 is 1.46 bits per heavy atom. The molecular formula is C20H26N4O4. The van der Waals surface area contributed by atoms with Crippen LogP contribution in [-0.2, 0) is 14.2 Å². The predicted molar refractivity (Wildman–Crippen MR) is 104 cm³/mol. The van der Waals surface area contributed by atoms with Gasteiger partial charge in [0.1, 0.15) is 30.1 Å². The largest absolute Gasteiger partial charge is 0.508 e. The number of nitrogens with zero attached hydrogens (tertiary/aromatic N) is 3. The highest BCUT2D eigenvalue weighted by molar-refractivity contribution is 5.86. The Hall–Kier alpha value is -2.79. The van der Waals surface area contributed by atoms with Gasteiger partial charge in [-0.25, -0.2) is 14.8 Å². The van der Waals surface area contributed by atoms with Gasteiger partial charge in [0.25, 0.3) is 0 Å². The molecule has 0 aliphatic carbocycles. The van der Waals surface area contributed by atoms with Gasteiger partial charge in [0, 0.05) is 6.20 Å². The minimum Gasteiger partial charge on any atom is -0.434 e. The summed E-state index contributed by atoms with van der Waals surface area (Å²) in [6, 6.07) is 1.85. The summed E-state index contributed by atoms with van der Waals surface area (Å²) < 4.78 is 18.3. The number of carbonyl (C=O) groups excluding carboxylic acids is 1. The van der Waals surface area contributed by atoms with Crippen LogP contribution in [0.3, 0.4) is 0 Å². The predicted octanol–water partition coefficient (Wildman–Crippen LogP) is 3.35. The Kier molecular flexibility index (Phi) is 6.05. The molecule has 1 aliphatic rings. The third-order valence-corrected chi connectivity index (χ3v) is 4.83. The molecule has 0 saturated carbocycles. The number of anilines is 1. The molecule has 8 heteroatoms. The van der Waals surface area contributed by atoms with Crippen molar-refractivity contribution in [1.29, 1.82) is 0 Å². The number of hydrogen-bond acceptors (Lipinski definition) is 7. The van der Waals surface area contributed by atoms with Gasteiger partial charge >= 0.3 is 6.16 Å². The van der Waals surface area contributed by atoms with Gasteiger partial charge in [-0.15, -0.1) is 6.42 Å². The zero-order chi connectivity index (χ0) is 20.1. The van der Waals surface area contributed by atoms with Gasteiger partial charge in [-0.1, -0.05) is 25.7 Å². The molecule has 0 unspecified atom stereocenters.